The van der Waals surface area contributed by atoms with Gasteiger partial charge in [0.25, 0.3) is 0 Å². The lowest BCUT2D eigenvalue weighted by atomic mass is 9.78. The lowest BCUT2D eigenvalue weighted by Crippen LogP contribution is -2.61. The van der Waals surface area contributed by atoms with Gasteiger partial charge in [0.2, 0.25) is 11.8 Å². The van der Waals surface area contributed by atoms with Crippen LogP contribution >= 0.6 is 11.8 Å². The lowest BCUT2D eigenvalue weighted by Gasteiger charge is -2.49. The van der Waals surface area contributed by atoms with Gasteiger partial charge in [0, 0.05) is 79.6 Å². The topological polar surface area (TPSA) is 109 Å². The number of rotatable bonds is 11. The second-order valence-corrected chi connectivity index (χ2v) is 14.6. The molecule has 4 fully saturated rings. The van der Waals surface area contributed by atoms with Gasteiger partial charge in [0.1, 0.15) is 6.61 Å². The van der Waals surface area contributed by atoms with Gasteiger partial charge >= 0.3 is 0 Å². The molecule has 6 rings (SSSR count). The van der Waals surface area contributed by atoms with E-state index in [1.165, 1.54) is 19.3 Å². The van der Waals surface area contributed by atoms with Crippen LogP contribution in [0.1, 0.15) is 82.5 Å². The molecule has 1 atom stereocenters. The molecule has 3 aliphatic carbocycles. The Kier molecular flexibility index (Phi) is 11.9. The van der Waals surface area contributed by atoms with E-state index in [0.717, 1.165) is 86.3 Å². The summed E-state index contributed by atoms with van der Waals surface area (Å²) < 4.78 is 11.5. The molecule has 3 heterocycles. The van der Waals surface area contributed by atoms with Crippen molar-refractivity contribution < 1.29 is 19.1 Å². The fourth-order valence-corrected chi connectivity index (χ4v) is 8.33. The van der Waals surface area contributed by atoms with Crippen LogP contribution in [-0.4, -0.2) is 95.2 Å². The van der Waals surface area contributed by atoms with Crippen molar-refractivity contribution in [3.05, 3.63) is 52.6 Å². The van der Waals surface area contributed by atoms with E-state index in [1.807, 2.05) is 18.5 Å². The zero-order valence-corrected chi connectivity index (χ0v) is 28.6. The van der Waals surface area contributed by atoms with Gasteiger partial charge in [-0.25, -0.2) is 9.97 Å². The first kappa shape index (κ1) is 34.0. The first-order chi connectivity index (χ1) is 23.0. The van der Waals surface area contributed by atoms with Crippen LogP contribution in [-0.2, 0) is 25.7 Å². The largest absolute Gasteiger partial charge is 0.381 e. The molecule has 0 radical (unpaired) electrons. The van der Waals surface area contributed by atoms with Gasteiger partial charge in [-0.15, -0.1) is 11.8 Å². The second kappa shape index (κ2) is 16.5. The van der Waals surface area contributed by atoms with Crippen LogP contribution in [0.25, 0.3) is 5.57 Å². The fraction of sp³-hybridized carbons (Fsp3) is 0.639. The number of aromatic nitrogens is 2. The number of hydrogen-bond acceptors (Lipinski definition) is 9. The Morgan fingerprint density at radius 3 is 2.57 bits per heavy atom. The van der Waals surface area contributed by atoms with Crippen molar-refractivity contribution in [3.63, 3.8) is 0 Å². The Morgan fingerprint density at radius 2 is 1.85 bits per heavy atom. The first-order valence-corrected chi connectivity index (χ1v) is 18.5. The molecule has 1 unspecified atom stereocenters. The highest BCUT2D eigenvalue weighted by Crippen LogP contribution is 2.35. The normalized spacial score (nSPS) is 26.4. The van der Waals surface area contributed by atoms with Crippen LogP contribution in [0.2, 0.25) is 0 Å². The fourth-order valence-electron chi connectivity index (χ4n) is 7.46. The molecule has 254 valence electrons. The Morgan fingerprint density at radius 1 is 1.09 bits per heavy atom. The van der Waals surface area contributed by atoms with E-state index in [-0.39, 0.29) is 17.7 Å². The summed E-state index contributed by atoms with van der Waals surface area (Å²) in [6.07, 6.45) is 20.4. The summed E-state index contributed by atoms with van der Waals surface area (Å²) in [6.45, 7) is 10.2. The van der Waals surface area contributed by atoms with Crippen LogP contribution < -0.4 is 5.32 Å². The maximum Gasteiger partial charge on any atom is 0.225 e. The number of nitrogens with zero attached hydrogens (tertiary/aromatic N) is 5. The zero-order chi connectivity index (χ0) is 32.6. The van der Waals surface area contributed by atoms with E-state index in [1.54, 1.807) is 11.8 Å². The van der Waals surface area contributed by atoms with E-state index in [4.69, 9.17) is 9.47 Å². The van der Waals surface area contributed by atoms with Gasteiger partial charge in [-0.1, -0.05) is 25.3 Å². The average molecular weight is 663 g/mol. The molecular formula is C36H50N6O4S. The maximum atomic E-state index is 13.1. The van der Waals surface area contributed by atoms with Crippen molar-refractivity contribution in [3.8, 4) is 0 Å². The Hall–Kier alpha value is -2.86. The van der Waals surface area contributed by atoms with Gasteiger partial charge in [0.05, 0.1) is 17.7 Å². The molecule has 5 aliphatic rings. The number of aliphatic imine (C=N–C) groups is 1. The molecular weight excluding hydrogens is 613 g/mol. The van der Waals surface area contributed by atoms with E-state index >= 15 is 0 Å². The number of carbonyl (C=O) groups excluding carboxylic acids is 2. The third kappa shape index (κ3) is 8.79. The number of thioether (sulfide) groups is 1. The summed E-state index contributed by atoms with van der Waals surface area (Å²) in [4.78, 5) is 45.0. The molecule has 47 heavy (non-hydrogen) atoms. The van der Waals surface area contributed by atoms with Gasteiger partial charge in [-0.3, -0.25) is 19.5 Å². The van der Waals surface area contributed by atoms with Crippen molar-refractivity contribution in [1.29, 1.82) is 0 Å². The molecule has 0 spiro atoms. The summed E-state index contributed by atoms with van der Waals surface area (Å²) in [6, 6.07) is 0.701. The van der Waals surface area contributed by atoms with Crippen LogP contribution in [0.5, 0.6) is 0 Å². The molecule has 1 aromatic rings. The molecule has 11 heteroatoms. The number of hydrogen-bond donors (Lipinski definition) is 1. The standard InChI is InChI=1S/C36H50N6O4S/c1-25-22-41(36(44)26-11-15-45-16-12-26)13-14-42(25)30-17-28(18-30)35(43)40-24-47-33-19-27(7-6-10-32(33)37-2)29-20-38-34(39-21-29)23-46-31-8-4-3-5-9-31/h6,10,19-21,25-26,28,30-31H,2-5,7-9,11-18,22-24H2,1H3,(H,40,43). The highest BCUT2D eigenvalue weighted by molar-refractivity contribution is 8.03. The first-order valence-electron chi connectivity index (χ1n) is 17.5. The second-order valence-electron chi connectivity index (χ2n) is 13.6. The Labute approximate surface area is 283 Å². The van der Waals surface area contributed by atoms with E-state index in [2.05, 4.69) is 55.9 Å². The van der Waals surface area contributed by atoms with E-state index in [9.17, 15) is 9.59 Å². The van der Waals surface area contributed by atoms with Crippen molar-refractivity contribution in [1.82, 2.24) is 25.1 Å². The van der Waals surface area contributed by atoms with E-state index < -0.39 is 0 Å². The monoisotopic (exact) mass is 662 g/mol. The zero-order valence-electron chi connectivity index (χ0n) is 27.8. The highest BCUT2D eigenvalue weighted by atomic mass is 32.2. The molecule has 2 saturated carbocycles. The maximum absolute atomic E-state index is 13.1. The summed E-state index contributed by atoms with van der Waals surface area (Å²) in [5, 5.41) is 3.15. The minimum absolute atomic E-state index is 0.0265. The molecule has 2 saturated heterocycles. The van der Waals surface area contributed by atoms with Crippen molar-refractivity contribution in [2.45, 2.75) is 95.9 Å². The third-order valence-electron chi connectivity index (χ3n) is 10.4. The van der Waals surface area contributed by atoms with Gasteiger partial charge in [-0.05, 0) is 76.3 Å². The number of amides is 2. The van der Waals surface area contributed by atoms with Crippen LogP contribution in [0.15, 0.2) is 46.2 Å². The predicted octanol–water partition coefficient (Wildman–Crippen LogP) is 5.13. The molecule has 0 bridgehead atoms. The lowest BCUT2D eigenvalue weighted by molar-refractivity contribution is -0.143. The minimum atomic E-state index is 0.0265. The minimum Gasteiger partial charge on any atom is -0.381 e. The van der Waals surface area contributed by atoms with Gasteiger partial charge in [0.15, 0.2) is 5.82 Å². The highest BCUT2D eigenvalue weighted by Gasteiger charge is 2.42. The SMILES string of the molecule is C=NC1=C(SCNC(=O)C2CC(N3CCN(C(=O)C4CCOCC4)CC3C)C2)C=C(c2cnc(COC3CCCCC3)nc2)CC=C1. The summed E-state index contributed by atoms with van der Waals surface area (Å²) in [7, 11) is 0. The average Bonchev–Trinajstić information content (AvgIpc) is 3.30. The number of nitrogens with one attached hydrogen (secondary N) is 1. The quantitative estimate of drug-likeness (QED) is 0.257. The van der Waals surface area contributed by atoms with Crippen LogP contribution in [0, 0.1) is 11.8 Å². The summed E-state index contributed by atoms with van der Waals surface area (Å²) in [5.74, 6) is 1.71. The summed E-state index contributed by atoms with van der Waals surface area (Å²) in [5.41, 5.74) is 2.86. The van der Waals surface area contributed by atoms with E-state index in [0.29, 0.717) is 55.6 Å². The van der Waals surface area contributed by atoms with Crippen LogP contribution in [0.4, 0.5) is 0 Å². The molecule has 10 nitrogen and oxygen atoms in total. The van der Waals surface area contributed by atoms with Crippen molar-refractivity contribution in [2.24, 2.45) is 16.8 Å². The molecule has 2 amide bonds. The van der Waals surface area contributed by atoms with Crippen molar-refractivity contribution >= 4 is 35.9 Å². The Bertz CT molecular complexity index is 1350. The predicted molar refractivity (Wildman–Crippen MR) is 185 cm³/mol. The van der Waals surface area contributed by atoms with Gasteiger partial charge < -0.3 is 19.7 Å². The Balaban J connectivity index is 0.952. The molecule has 1 aromatic heterocycles. The van der Waals surface area contributed by atoms with Crippen molar-refractivity contribution in [2.75, 3.05) is 38.7 Å². The number of allylic oxidation sites excluding steroid dienone is 4. The number of ether oxygens (including phenoxy) is 2. The molecule has 0 aromatic carbocycles. The van der Waals surface area contributed by atoms with Gasteiger partial charge in [-0.2, -0.15) is 0 Å². The third-order valence-corrected chi connectivity index (χ3v) is 11.3. The molecule has 2 aliphatic heterocycles. The van der Waals surface area contributed by atoms with Crippen LogP contribution in [0.3, 0.4) is 0 Å². The summed E-state index contributed by atoms with van der Waals surface area (Å²) >= 11 is 1.56. The smallest absolute Gasteiger partial charge is 0.225 e. The number of piperazine rings is 1. The number of carbonyl (C=O) groups is 2. The molecule has 1 N–H and O–H groups in total.